The van der Waals surface area contributed by atoms with Crippen molar-refractivity contribution in [1.82, 2.24) is 5.32 Å². The van der Waals surface area contributed by atoms with E-state index >= 15 is 0 Å². The van der Waals surface area contributed by atoms with Crippen molar-refractivity contribution in [2.75, 3.05) is 0 Å². The second-order valence-corrected chi connectivity index (χ2v) is 2.36. The molecule has 4 N–H and O–H groups in total. The Bertz CT molecular complexity index is 198. The van der Waals surface area contributed by atoms with Gasteiger partial charge in [0.25, 0.3) is 6.55 Å². The minimum atomic E-state index is -2.92. The molecule has 0 heterocycles. The molecule has 7 heteroatoms. The number of nitrogens with two attached hydrogens (primary N) is 1. The van der Waals surface area contributed by atoms with Gasteiger partial charge in [0.05, 0.1) is 0 Å². The molecule has 1 unspecified atom stereocenters. The van der Waals surface area contributed by atoms with E-state index in [9.17, 15) is 18.4 Å². The van der Waals surface area contributed by atoms with E-state index in [2.05, 4.69) is 0 Å². The first kappa shape index (κ1) is 11.8. The first-order chi connectivity index (χ1) is 5.93. The zero-order valence-corrected chi connectivity index (χ0v) is 6.67. The van der Waals surface area contributed by atoms with E-state index in [1.165, 1.54) is 5.32 Å². The van der Waals surface area contributed by atoms with Crippen LogP contribution < -0.4 is 11.1 Å². The molecule has 0 aromatic heterocycles. The molecule has 0 aromatic carbocycles. The lowest BCUT2D eigenvalue weighted by molar-refractivity contribution is -0.141. The van der Waals surface area contributed by atoms with Crippen LogP contribution in [0.4, 0.5) is 8.78 Å². The lowest BCUT2D eigenvalue weighted by atomic mass is 10.1. The van der Waals surface area contributed by atoms with Crippen molar-refractivity contribution < 1.29 is 23.5 Å². The zero-order valence-electron chi connectivity index (χ0n) is 6.67. The zero-order chi connectivity index (χ0) is 10.4. The van der Waals surface area contributed by atoms with Crippen LogP contribution in [0, 0.1) is 0 Å². The number of halogens is 2. The summed E-state index contributed by atoms with van der Waals surface area (Å²) in [4.78, 5) is 20.5. The number of carbonyl (C=O) groups excluding carboxylic acids is 1. The van der Waals surface area contributed by atoms with Gasteiger partial charge in [0.2, 0.25) is 5.91 Å². The van der Waals surface area contributed by atoms with Gasteiger partial charge in [-0.2, -0.15) is 8.78 Å². The normalized spacial score (nSPS) is 12.8. The Morgan fingerprint density at radius 3 is 2.31 bits per heavy atom. The largest absolute Gasteiger partial charge is 0.480 e. The highest BCUT2D eigenvalue weighted by Crippen LogP contribution is 2.00. The maximum Gasteiger partial charge on any atom is 0.320 e. The number of nitrogens with one attached hydrogen (secondary N) is 1. The van der Waals surface area contributed by atoms with Crippen molar-refractivity contribution in [1.29, 1.82) is 0 Å². The first-order valence-corrected chi connectivity index (χ1v) is 3.48. The quantitative estimate of drug-likeness (QED) is 0.500. The molecule has 0 bridgehead atoms. The Hall–Kier alpha value is -1.24. The third kappa shape index (κ3) is 5.97. The highest BCUT2D eigenvalue weighted by atomic mass is 19.3. The number of alkyl halides is 2. The second kappa shape index (κ2) is 5.41. The van der Waals surface area contributed by atoms with Gasteiger partial charge in [-0.15, -0.1) is 0 Å². The standard InChI is InChI=1S/C6H10F2N2O3/c7-6(8)10-3(5(12)13)1-2-4(9)11/h3,6,10H,1-2H2,(H2,9,11)(H,12,13). The summed E-state index contributed by atoms with van der Waals surface area (Å²) in [6.45, 7) is -2.92. The summed E-state index contributed by atoms with van der Waals surface area (Å²) in [5, 5.41) is 9.88. The fourth-order valence-electron chi connectivity index (χ4n) is 0.717. The number of amides is 1. The average molecular weight is 196 g/mol. The van der Waals surface area contributed by atoms with E-state index in [-0.39, 0.29) is 12.8 Å². The molecule has 0 saturated heterocycles. The molecule has 13 heavy (non-hydrogen) atoms. The second-order valence-electron chi connectivity index (χ2n) is 2.36. The van der Waals surface area contributed by atoms with Gasteiger partial charge >= 0.3 is 5.97 Å². The van der Waals surface area contributed by atoms with E-state index in [4.69, 9.17) is 10.8 Å². The molecule has 0 rings (SSSR count). The van der Waals surface area contributed by atoms with Crippen LogP contribution in [0.1, 0.15) is 12.8 Å². The Kier molecular flexibility index (Phi) is 4.90. The first-order valence-electron chi connectivity index (χ1n) is 3.48. The summed E-state index contributed by atoms with van der Waals surface area (Å²) >= 11 is 0. The fraction of sp³-hybridized carbons (Fsp3) is 0.667. The predicted molar refractivity (Wildman–Crippen MR) is 39.0 cm³/mol. The minimum Gasteiger partial charge on any atom is -0.480 e. The van der Waals surface area contributed by atoms with Gasteiger partial charge in [0.15, 0.2) is 0 Å². The third-order valence-electron chi connectivity index (χ3n) is 1.30. The van der Waals surface area contributed by atoms with Gasteiger partial charge in [-0.1, -0.05) is 0 Å². The van der Waals surface area contributed by atoms with Crippen LogP contribution in [0.3, 0.4) is 0 Å². The monoisotopic (exact) mass is 196 g/mol. The Morgan fingerprint density at radius 1 is 1.46 bits per heavy atom. The van der Waals surface area contributed by atoms with Crippen LogP contribution in [0.15, 0.2) is 0 Å². The van der Waals surface area contributed by atoms with Crippen LogP contribution in [0.25, 0.3) is 0 Å². The molecule has 0 aliphatic heterocycles. The van der Waals surface area contributed by atoms with Crippen LogP contribution >= 0.6 is 0 Å². The van der Waals surface area contributed by atoms with E-state index < -0.39 is 24.5 Å². The average Bonchev–Trinajstić information content (AvgIpc) is 1.96. The molecule has 0 fully saturated rings. The molecule has 76 valence electrons. The highest BCUT2D eigenvalue weighted by Gasteiger charge is 2.20. The summed E-state index contributed by atoms with van der Waals surface area (Å²) in [7, 11) is 0. The molecule has 0 radical (unpaired) electrons. The smallest absolute Gasteiger partial charge is 0.320 e. The molecule has 0 aliphatic rings. The summed E-state index contributed by atoms with van der Waals surface area (Å²) in [6, 6.07) is -1.44. The van der Waals surface area contributed by atoms with Gasteiger partial charge in [0.1, 0.15) is 6.04 Å². The van der Waals surface area contributed by atoms with E-state index in [0.29, 0.717) is 0 Å². The summed E-state index contributed by atoms with van der Waals surface area (Å²) < 4.78 is 23.4. The number of carbonyl (C=O) groups is 2. The van der Waals surface area contributed by atoms with Crippen molar-refractivity contribution in [2.45, 2.75) is 25.4 Å². The third-order valence-corrected chi connectivity index (χ3v) is 1.30. The SMILES string of the molecule is NC(=O)CCC(NC(F)F)C(=O)O. The van der Waals surface area contributed by atoms with Crippen LogP contribution in [0.5, 0.6) is 0 Å². The number of aliphatic carboxylic acids is 1. The maximum atomic E-state index is 11.7. The number of rotatable bonds is 6. The molecular formula is C6H10F2N2O3. The molecule has 0 aliphatic carbocycles. The molecule has 0 spiro atoms. The Labute approximate surface area is 72.9 Å². The van der Waals surface area contributed by atoms with Gasteiger partial charge in [-0.25, -0.2) is 5.32 Å². The van der Waals surface area contributed by atoms with Gasteiger partial charge in [-0.05, 0) is 6.42 Å². The van der Waals surface area contributed by atoms with E-state index in [1.807, 2.05) is 0 Å². The topological polar surface area (TPSA) is 92.4 Å². The Balaban J connectivity index is 3.95. The maximum absolute atomic E-state index is 11.7. The summed E-state index contributed by atoms with van der Waals surface area (Å²) in [6.07, 6.45) is -0.480. The number of hydrogen-bond donors (Lipinski definition) is 3. The predicted octanol–water partition coefficient (Wildman–Crippen LogP) is -0.483. The van der Waals surface area contributed by atoms with Crippen molar-refractivity contribution in [3.8, 4) is 0 Å². The van der Waals surface area contributed by atoms with Crippen molar-refractivity contribution in [3.05, 3.63) is 0 Å². The van der Waals surface area contributed by atoms with Gasteiger partial charge in [0, 0.05) is 6.42 Å². The van der Waals surface area contributed by atoms with Crippen LogP contribution in [0.2, 0.25) is 0 Å². The molecule has 0 saturated carbocycles. The van der Waals surface area contributed by atoms with Gasteiger partial charge < -0.3 is 10.8 Å². The lowest BCUT2D eigenvalue weighted by Gasteiger charge is -2.11. The number of carboxylic acid groups (broad SMARTS) is 1. The van der Waals surface area contributed by atoms with Crippen molar-refractivity contribution >= 4 is 11.9 Å². The van der Waals surface area contributed by atoms with Crippen LogP contribution in [-0.2, 0) is 9.59 Å². The lowest BCUT2D eigenvalue weighted by Crippen LogP contribution is -2.40. The van der Waals surface area contributed by atoms with E-state index in [0.717, 1.165) is 0 Å². The number of hydrogen-bond acceptors (Lipinski definition) is 3. The number of primary amides is 1. The molecule has 1 amide bonds. The van der Waals surface area contributed by atoms with Gasteiger partial charge in [-0.3, -0.25) is 9.59 Å². The molecule has 5 nitrogen and oxygen atoms in total. The minimum absolute atomic E-state index is 0.239. The molecular weight excluding hydrogens is 186 g/mol. The highest BCUT2D eigenvalue weighted by molar-refractivity contribution is 5.77. The van der Waals surface area contributed by atoms with Crippen molar-refractivity contribution in [2.24, 2.45) is 5.73 Å². The van der Waals surface area contributed by atoms with Crippen LogP contribution in [-0.4, -0.2) is 29.6 Å². The number of carboxylic acids is 1. The Morgan fingerprint density at radius 2 is 2.00 bits per heavy atom. The van der Waals surface area contributed by atoms with E-state index in [1.54, 1.807) is 0 Å². The summed E-state index contributed by atoms with van der Waals surface area (Å²) in [5.74, 6) is -2.15. The molecule has 1 atom stereocenters. The fourth-order valence-corrected chi connectivity index (χ4v) is 0.717. The van der Waals surface area contributed by atoms with Crippen molar-refractivity contribution in [3.63, 3.8) is 0 Å². The molecule has 0 aromatic rings. The summed E-state index contributed by atoms with van der Waals surface area (Å²) in [5.41, 5.74) is 4.72.